The minimum Gasteiger partial charge on any atom is -0.504 e. The van der Waals surface area contributed by atoms with E-state index in [2.05, 4.69) is 0 Å². The van der Waals surface area contributed by atoms with Gasteiger partial charge in [-0.1, -0.05) is 31.4 Å². The molecule has 1 aromatic carbocycles. The predicted octanol–water partition coefficient (Wildman–Crippen LogP) is 3.43. The molecule has 2 rings (SSSR count). The summed E-state index contributed by atoms with van der Waals surface area (Å²) in [5.41, 5.74) is 0.536. The minimum absolute atomic E-state index is 0.0476. The molecule has 102 valence electrons. The van der Waals surface area contributed by atoms with E-state index in [0.717, 1.165) is 12.8 Å². The third-order valence-electron chi connectivity index (χ3n) is 3.74. The van der Waals surface area contributed by atoms with Gasteiger partial charge < -0.3 is 10.2 Å². The summed E-state index contributed by atoms with van der Waals surface area (Å²) in [6.45, 7) is 0. The van der Waals surface area contributed by atoms with E-state index in [0.29, 0.717) is 11.5 Å². The molecular weight excluding hydrogens is 252 g/mol. The van der Waals surface area contributed by atoms with Crippen molar-refractivity contribution in [1.82, 2.24) is 0 Å². The number of hydrogen-bond donors (Lipinski definition) is 2. The van der Waals surface area contributed by atoms with Crippen LogP contribution in [0.25, 0.3) is 6.08 Å². The van der Waals surface area contributed by atoms with Gasteiger partial charge in [-0.05, 0) is 18.8 Å². The van der Waals surface area contributed by atoms with E-state index in [4.69, 9.17) is 10.5 Å². The highest BCUT2D eigenvalue weighted by Gasteiger charge is 2.16. The number of nitrogens with zero attached hydrogens (tertiary/aromatic N) is 2. The third kappa shape index (κ3) is 2.75. The molecule has 1 fully saturated rings. The molecule has 1 aromatic rings. The molecule has 20 heavy (non-hydrogen) atoms. The van der Waals surface area contributed by atoms with Gasteiger partial charge in [-0.15, -0.1) is 0 Å². The molecule has 0 amide bonds. The number of aromatic hydroxyl groups is 2. The molecule has 0 spiro atoms. The number of allylic oxidation sites excluding steroid dienone is 1. The molecule has 0 heterocycles. The Morgan fingerprint density at radius 1 is 1.10 bits per heavy atom. The molecule has 0 saturated heterocycles. The van der Waals surface area contributed by atoms with Gasteiger partial charge in [0.25, 0.3) is 0 Å². The van der Waals surface area contributed by atoms with Crippen molar-refractivity contribution in [3.8, 4) is 23.6 Å². The maximum absolute atomic E-state index is 9.72. The van der Waals surface area contributed by atoms with Gasteiger partial charge in [0.2, 0.25) is 0 Å². The number of benzene rings is 1. The van der Waals surface area contributed by atoms with Gasteiger partial charge in [0, 0.05) is 11.6 Å². The molecule has 0 aliphatic heterocycles. The predicted molar refractivity (Wildman–Crippen MR) is 74.8 cm³/mol. The largest absolute Gasteiger partial charge is 0.504 e. The van der Waals surface area contributed by atoms with Crippen molar-refractivity contribution in [2.45, 2.75) is 32.1 Å². The van der Waals surface area contributed by atoms with E-state index in [1.807, 2.05) is 18.2 Å². The molecule has 4 heteroatoms. The lowest BCUT2D eigenvalue weighted by Crippen LogP contribution is -2.02. The average Bonchev–Trinajstić information content (AvgIpc) is 2.49. The van der Waals surface area contributed by atoms with Gasteiger partial charge in [0.15, 0.2) is 11.5 Å². The number of hydrogen-bond acceptors (Lipinski definition) is 4. The molecule has 1 aliphatic rings. The molecule has 0 unspecified atom stereocenters. The first kappa shape index (κ1) is 14.0. The standard InChI is InChI=1S/C16H16N2O2/c17-9-12-8-15(19)16(20)14(10-18)13(12)7-6-11-4-2-1-3-5-11/h6-8,11,19-20H,1-5H2/b7-6+. The first-order valence-electron chi connectivity index (χ1n) is 6.74. The van der Waals surface area contributed by atoms with Crippen molar-refractivity contribution in [1.29, 1.82) is 10.5 Å². The number of phenols is 2. The van der Waals surface area contributed by atoms with E-state index in [1.54, 1.807) is 6.08 Å². The summed E-state index contributed by atoms with van der Waals surface area (Å²) >= 11 is 0. The SMILES string of the molecule is N#Cc1cc(O)c(O)c(C#N)c1/C=C/C1CCCCC1. The summed E-state index contributed by atoms with van der Waals surface area (Å²) in [6.07, 6.45) is 9.63. The van der Waals surface area contributed by atoms with Crippen LogP contribution in [-0.2, 0) is 0 Å². The molecule has 1 saturated carbocycles. The highest BCUT2D eigenvalue weighted by Crippen LogP contribution is 2.35. The van der Waals surface area contributed by atoms with E-state index in [9.17, 15) is 10.2 Å². The van der Waals surface area contributed by atoms with Crippen LogP contribution in [0.15, 0.2) is 12.1 Å². The zero-order valence-corrected chi connectivity index (χ0v) is 11.1. The van der Waals surface area contributed by atoms with Crippen LogP contribution in [0.2, 0.25) is 0 Å². The van der Waals surface area contributed by atoms with E-state index in [-0.39, 0.29) is 11.1 Å². The molecule has 0 atom stereocenters. The van der Waals surface area contributed by atoms with Gasteiger partial charge in [-0.2, -0.15) is 10.5 Å². The normalized spacial score (nSPS) is 15.9. The van der Waals surface area contributed by atoms with Crippen LogP contribution in [0.5, 0.6) is 11.5 Å². The fourth-order valence-corrected chi connectivity index (χ4v) is 2.61. The molecular formula is C16H16N2O2. The summed E-state index contributed by atoms with van der Waals surface area (Å²) in [4.78, 5) is 0. The van der Waals surface area contributed by atoms with Crippen molar-refractivity contribution >= 4 is 6.08 Å². The lowest BCUT2D eigenvalue weighted by Gasteiger charge is -2.18. The van der Waals surface area contributed by atoms with Crippen LogP contribution in [0.1, 0.15) is 48.8 Å². The maximum atomic E-state index is 9.72. The van der Waals surface area contributed by atoms with Crippen molar-refractivity contribution < 1.29 is 10.2 Å². The molecule has 4 nitrogen and oxygen atoms in total. The summed E-state index contributed by atoms with van der Waals surface area (Å²) in [5, 5.41) is 37.4. The van der Waals surface area contributed by atoms with Crippen LogP contribution in [0.4, 0.5) is 0 Å². The summed E-state index contributed by atoms with van der Waals surface area (Å²) < 4.78 is 0. The van der Waals surface area contributed by atoms with Gasteiger partial charge in [-0.3, -0.25) is 0 Å². The quantitative estimate of drug-likeness (QED) is 0.804. The molecule has 0 radical (unpaired) electrons. The van der Waals surface area contributed by atoms with Crippen molar-refractivity contribution in [2.75, 3.05) is 0 Å². The fraction of sp³-hybridized carbons (Fsp3) is 0.375. The first-order chi connectivity index (χ1) is 9.67. The second-order valence-electron chi connectivity index (χ2n) is 5.06. The maximum Gasteiger partial charge on any atom is 0.176 e. The van der Waals surface area contributed by atoms with Crippen molar-refractivity contribution in [3.63, 3.8) is 0 Å². The van der Waals surface area contributed by atoms with Crippen LogP contribution in [0.3, 0.4) is 0 Å². The number of rotatable bonds is 2. The van der Waals surface area contributed by atoms with E-state index >= 15 is 0 Å². The zero-order valence-electron chi connectivity index (χ0n) is 11.1. The summed E-state index contributed by atoms with van der Waals surface area (Å²) in [7, 11) is 0. The van der Waals surface area contributed by atoms with Crippen LogP contribution in [0, 0.1) is 28.6 Å². The molecule has 1 aliphatic carbocycles. The van der Waals surface area contributed by atoms with Gasteiger partial charge in [0.1, 0.15) is 11.6 Å². The van der Waals surface area contributed by atoms with E-state index in [1.165, 1.54) is 25.3 Å². The third-order valence-corrected chi connectivity index (χ3v) is 3.74. The smallest absolute Gasteiger partial charge is 0.176 e. The average molecular weight is 268 g/mol. The molecule has 0 bridgehead atoms. The Kier molecular flexibility index (Phi) is 4.27. The van der Waals surface area contributed by atoms with Gasteiger partial charge >= 0.3 is 0 Å². The summed E-state index contributed by atoms with van der Waals surface area (Å²) in [5.74, 6) is -0.444. The molecule has 2 N–H and O–H groups in total. The second kappa shape index (κ2) is 6.12. The topological polar surface area (TPSA) is 88.0 Å². The number of phenolic OH excluding ortho intramolecular Hbond substituents is 2. The Bertz CT molecular complexity index is 615. The van der Waals surface area contributed by atoms with Gasteiger partial charge in [-0.25, -0.2) is 0 Å². The lowest BCUT2D eigenvalue weighted by molar-refractivity contribution is 0.402. The second-order valence-corrected chi connectivity index (χ2v) is 5.06. The first-order valence-corrected chi connectivity index (χ1v) is 6.74. The highest BCUT2D eigenvalue weighted by molar-refractivity contribution is 5.71. The Labute approximate surface area is 118 Å². The molecule has 0 aromatic heterocycles. The van der Waals surface area contributed by atoms with E-state index < -0.39 is 11.5 Å². The fourth-order valence-electron chi connectivity index (χ4n) is 2.61. The monoisotopic (exact) mass is 268 g/mol. The Balaban J connectivity index is 2.40. The van der Waals surface area contributed by atoms with Crippen LogP contribution >= 0.6 is 0 Å². The van der Waals surface area contributed by atoms with Crippen LogP contribution < -0.4 is 0 Å². The van der Waals surface area contributed by atoms with Crippen molar-refractivity contribution in [3.05, 3.63) is 28.8 Å². The van der Waals surface area contributed by atoms with Crippen LogP contribution in [-0.4, -0.2) is 10.2 Å². The number of nitriles is 2. The Morgan fingerprint density at radius 2 is 1.80 bits per heavy atom. The minimum atomic E-state index is -0.463. The zero-order chi connectivity index (χ0) is 14.5. The Hall–Kier alpha value is -2.46. The van der Waals surface area contributed by atoms with Crippen molar-refractivity contribution in [2.24, 2.45) is 5.92 Å². The Morgan fingerprint density at radius 3 is 2.40 bits per heavy atom. The highest BCUT2D eigenvalue weighted by atomic mass is 16.3. The lowest BCUT2D eigenvalue weighted by atomic mass is 9.88. The van der Waals surface area contributed by atoms with Gasteiger partial charge in [0.05, 0.1) is 11.6 Å². The summed E-state index contributed by atoms with van der Waals surface area (Å²) in [6, 6.07) is 5.00.